The summed E-state index contributed by atoms with van der Waals surface area (Å²) in [4.78, 5) is 4.86. The SMILES string of the molecule is Cn1nccc1CN1CCN(CC#Cc2ccccc2Cl)CC1. The predicted octanol–water partition coefficient (Wildman–Crippen LogP) is 2.24. The number of halogens is 1. The third kappa shape index (κ3) is 4.35. The number of aryl methyl sites for hydroxylation is 1. The first-order valence-electron chi connectivity index (χ1n) is 7.87. The van der Waals surface area contributed by atoms with Crippen LogP contribution in [0.2, 0.25) is 5.02 Å². The molecule has 3 rings (SSSR count). The van der Waals surface area contributed by atoms with E-state index in [9.17, 15) is 0 Å². The van der Waals surface area contributed by atoms with Crippen molar-refractivity contribution >= 4 is 11.6 Å². The van der Waals surface area contributed by atoms with E-state index < -0.39 is 0 Å². The van der Waals surface area contributed by atoms with E-state index in [-0.39, 0.29) is 0 Å². The third-order valence-corrected chi connectivity index (χ3v) is 4.50. The summed E-state index contributed by atoms with van der Waals surface area (Å²) in [6.45, 7) is 6.00. The third-order valence-electron chi connectivity index (χ3n) is 4.17. The first kappa shape index (κ1) is 16.1. The van der Waals surface area contributed by atoms with Gasteiger partial charge in [0.25, 0.3) is 0 Å². The van der Waals surface area contributed by atoms with Crippen LogP contribution in [0.1, 0.15) is 11.3 Å². The average molecular weight is 329 g/mol. The van der Waals surface area contributed by atoms with Gasteiger partial charge in [0.1, 0.15) is 0 Å². The lowest BCUT2D eigenvalue weighted by molar-refractivity contribution is 0.136. The van der Waals surface area contributed by atoms with Crippen molar-refractivity contribution in [2.45, 2.75) is 6.54 Å². The Morgan fingerprint density at radius 1 is 1.09 bits per heavy atom. The smallest absolute Gasteiger partial charge is 0.0606 e. The van der Waals surface area contributed by atoms with Crippen molar-refractivity contribution in [2.75, 3.05) is 32.7 Å². The zero-order valence-electron chi connectivity index (χ0n) is 13.4. The van der Waals surface area contributed by atoms with E-state index in [0.717, 1.165) is 49.9 Å². The Bertz CT molecular complexity index is 705. The van der Waals surface area contributed by atoms with Crippen LogP contribution < -0.4 is 0 Å². The van der Waals surface area contributed by atoms with Crippen LogP contribution in [-0.4, -0.2) is 52.3 Å². The molecule has 0 unspecified atom stereocenters. The fourth-order valence-electron chi connectivity index (χ4n) is 2.70. The maximum atomic E-state index is 6.12. The van der Waals surface area contributed by atoms with E-state index >= 15 is 0 Å². The highest BCUT2D eigenvalue weighted by molar-refractivity contribution is 6.31. The summed E-state index contributed by atoms with van der Waals surface area (Å²) >= 11 is 6.12. The molecule has 120 valence electrons. The van der Waals surface area contributed by atoms with Crippen LogP contribution in [0.15, 0.2) is 36.5 Å². The second-order valence-corrected chi connectivity index (χ2v) is 6.19. The zero-order chi connectivity index (χ0) is 16.1. The lowest BCUT2D eigenvalue weighted by Gasteiger charge is -2.33. The van der Waals surface area contributed by atoms with Gasteiger partial charge in [-0.25, -0.2) is 0 Å². The summed E-state index contributed by atoms with van der Waals surface area (Å²) in [6.07, 6.45) is 1.86. The van der Waals surface area contributed by atoms with E-state index in [1.54, 1.807) is 0 Å². The quantitative estimate of drug-likeness (QED) is 0.808. The molecule has 1 aromatic heterocycles. The average Bonchev–Trinajstić information content (AvgIpc) is 2.96. The van der Waals surface area contributed by atoms with Crippen LogP contribution in [0.5, 0.6) is 0 Å². The molecule has 1 aliphatic rings. The standard InChI is InChI=1S/C18H21ClN4/c1-21-17(8-9-20-21)15-23-13-11-22(12-14-23)10-4-6-16-5-2-3-7-18(16)19/h2-3,5,7-9H,10-15H2,1H3. The van der Waals surface area contributed by atoms with Gasteiger partial charge < -0.3 is 0 Å². The van der Waals surface area contributed by atoms with Gasteiger partial charge in [0.05, 0.1) is 17.3 Å². The molecule has 1 fully saturated rings. The van der Waals surface area contributed by atoms with Crippen molar-refractivity contribution in [3.8, 4) is 11.8 Å². The van der Waals surface area contributed by atoms with Gasteiger partial charge in [-0.3, -0.25) is 14.5 Å². The van der Waals surface area contributed by atoms with Crippen LogP contribution in [0.4, 0.5) is 0 Å². The monoisotopic (exact) mass is 328 g/mol. The van der Waals surface area contributed by atoms with Crippen molar-refractivity contribution in [1.82, 2.24) is 19.6 Å². The van der Waals surface area contributed by atoms with Gasteiger partial charge in [-0.15, -0.1) is 0 Å². The largest absolute Gasteiger partial charge is 0.295 e. The summed E-state index contributed by atoms with van der Waals surface area (Å²) in [5.41, 5.74) is 2.17. The molecule has 0 aliphatic carbocycles. The molecule has 1 aromatic carbocycles. The van der Waals surface area contributed by atoms with E-state index in [0.29, 0.717) is 0 Å². The molecule has 0 N–H and O–H groups in total. The van der Waals surface area contributed by atoms with Crippen LogP contribution >= 0.6 is 11.6 Å². The Balaban J connectivity index is 1.47. The molecule has 1 saturated heterocycles. The highest BCUT2D eigenvalue weighted by atomic mass is 35.5. The molecule has 0 bridgehead atoms. The molecule has 0 radical (unpaired) electrons. The Kier molecular flexibility index (Phi) is 5.35. The summed E-state index contributed by atoms with van der Waals surface area (Å²) in [7, 11) is 2.00. The zero-order valence-corrected chi connectivity index (χ0v) is 14.1. The summed E-state index contributed by atoms with van der Waals surface area (Å²) in [5, 5.41) is 4.95. The van der Waals surface area contributed by atoms with Crippen molar-refractivity contribution in [3.63, 3.8) is 0 Å². The van der Waals surface area contributed by atoms with Gasteiger partial charge in [0, 0.05) is 51.5 Å². The normalized spacial score (nSPS) is 16.1. The molecule has 1 aliphatic heterocycles. The van der Waals surface area contributed by atoms with Crippen LogP contribution in [0.25, 0.3) is 0 Å². The number of aromatic nitrogens is 2. The molecule has 0 amide bonds. The van der Waals surface area contributed by atoms with Crippen LogP contribution in [-0.2, 0) is 13.6 Å². The lowest BCUT2D eigenvalue weighted by Crippen LogP contribution is -2.46. The Morgan fingerprint density at radius 3 is 2.52 bits per heavy atom. The molecule has 0 saturated carbocycles. The maximum Gasteiger partial charge on any atom is 0.0606 e. The van der Waals surface area contributed by atoms with E-state index in [2.05, 4.69) is 32.8 Å². The van der Waals surface area contributed by atoms with Crippen molar-refractivity contribution < 1.29 is 0 Å². The molecule has 2 heterocycles. The van der Waals surface area contributed by atoms with Crippen molar-refractivity contribution in [1.29, 1.82) is 0 Å². The molecular weight excluding hydrogens is 308 g/mol. The van der Waals surface area contributed by atoms with E-state index in [1.807, 2.05) is 42.2 Å². The van der Waals surface area contributed by atoms with Gasteiger partial charge in [0.15, 0.2) is 0 Å². The van der Waals surface area contributed by atoms with Gasteiger partial charge in [-0.2, -0.15) is 5.10 Å². The van der Waals surface area contributed by atoms with Gasteiger partial charge in [0.2, 0.25) is 0 Å². The predicted molar refractivity (Wildman–Crippen MR) is 93.3 cm³/mol. The Hall–Kier alpha value is -1.80. The minimum atomic E-state index is 0.723. The molecule has 23 heavy (non-hydrogen) atoms. The first-order chi connectivity index (χ1) is 11.2. The highest BCUT2D eigenvalue weighted by Gasteiger charge is 2.16. The summed E-state index contributed by atoms with van der Waals surface area (Å²) in [6, 6.07) is 9.81. The molecule has 2 aromatic rings. The number of rotatable bonds is 3. The van der Waals surface area contributed by atoms with E-state index in [4.69, 9.17) is 11.6 Å². The highest BCUT2D eigenvalue weighted by Crippen LogP contribution is 2.13. The lowest BCUT2D eigenvalue weighted by atomic mass is 10.2. The molecule has 0 atom stereocenters. The van der Waals surface area contributed by atoms with Crippen molar-refractivity contribution in [2.24, 2.45) is 7.05 Å². The van der Waals surface area contributed by atoms with Gasteiger partial charge in [-0.05, 0) is 18.2 Å². The number of piperazine rings is 1. The minimum Gasteiger partial charge on any atom is -0.295 e. The van der Waals surface area contributed by atoms with Gasteiger partial charge >= 0.3 is 0 Å². The van der Waals surface area contributed by atoms with Crippen LogP contribution in [0.3, 0.4) is 0 Å². The fourth-order valence-corrected chi connectivity index (χ4v) is 2.88. The Morgan fingerprint density at radius 2 is 1.83 bits per heavy atom. The first-order valence-corrected chi connectivity index (χ1v) is 8.25. The minimum absolute atomic E-state index is 0.723. The van der Waals surface area contributed by atoms with Crippen LogP contribution in [0, 0.1) is 11.8 Å². The molecule has 4 nitrogen and oxygen atoms in total. The second-order valence-electron chi connectivity index (χ2n) is 5.78. The Labute approximate surface area is 142 Å². The maximum absolute atomic E-state index is 6.12. The molecule has 5 heteroatoms. The molecular formula is C18H21ClN4. The number of hydrogen-bond acceptors (Lipinski definition) is 3. The number of nitrogens with zero attached hydrogens (tertiary/aromatic N) is 4. The van der Waals surface area contributed by atoms with E-state index in [1.165, 1.54) is 5.69 Å². The molecule has 0 spiro atoms. The fraction of sp³-hybridized carbons (Fsp3) is 0.389. The second kappa shape index (κ2) is 7.65. The number of hydrogen-bond donors (Lipinski definition) is 0. The summed E-state index contributed by atoms with van der Waals surface area (Å²) < 4.78 is 1.95. The summed E-state index contributed by atoms with van der Waals surface area (Å²) in [5.74, 6) is 6.41. The van der Waals surface area contributed by atoms with Gasteiger partial charge in [-0.1, -0.05) is 35.6 Å². The number of benzene rings is 1. The van der Waals surface area contributed by atoms with Crippen molar-refractivity contribution in [3.05, 3.63) is 52.8 Å². The topological polar surface area (TPSA) is 24.3 Å².